The second-order valence-electron chi connectivity index (χ2n) is 5.62. The average molecular weight is 526 g/mol. The number of nitrogens with one attached hydrogen (secondary N) is 2. The number of nitrogens with zero attached hydrogens (tertiary/aromatic N) is 1. The number of anilines is 1. The number of aliphatic imine (C=N–C) groups is 1. The third-order valence-electron chi connectivity index (χ3n) is 3.33. The summed E-state index contributed by atoms with van der Waals surface area (Å²) in [6, 6.07) is 10.7. The van der Waals surface area contributed by atoms with Crippen LogP contribution in [0.4, 0.5) is 23.2 Å². The van der Waals surface area contributed by atoms with Crippen molar-refractivity contribution in [3.05, 3.63) is 59.9 Å². The van der Waals surface area contributed by atoms with E-state index in [1.165, 1.54) is 30.3 Å². The molecule has 6 nitrogen and oxygen atoms in total. The molecule has 2 rings (SSSR count). The second kappa shape index (κ2) is 11.4. The summed E-state index contributed by atoms with van der Waals surface area (Å²) >= 11 is 0. The molecular weight excluding hydrogens is 507 g/mol. The number of guanidine groups is 1. The van der Waals surface area contributed by atoms with Gasteiger partial charge >= 0.3 is 6.36 Å². The van der Waals surface area contributed by atoms with E-state index in [0.29, 0.717) is 11.3 Å². The summed E-state index contributed by atoms with van der Waals surface area (Å²) in [7, 11) is 0. The Hall–Kier alpha value is -2.57. The van der Waals surface area contributed by atoms with Crippen molar-refractivity contribution in [3.8, 4) is 5.75 Å². The third-order valence-corrected chi connectivity index (χ3v) is 3.33. The fourth-order valence-corrected chi connectivity index (χ4v) is 2.19. The number of amides is 1. The van der Waals surface area contributed by atoms with E-state index in [-0.39, 0.29) is 61.1 Å². The third kappa shape index (κ3) is 9.96. The Morgan fingerprint density at radius 1 is 1.14 bits per heavy atom. The van der Waals surface area contributed by atoms with Crippen molar-refractivity contribution in [1.82, 2.24) is 5.32 Å². The number of halogens is 5. The first-order chi connectivity index (χ1) is 13.2. The standard InChI is InChI=1S/C18H18F4N4O2.HI/c19-13-3-1-2-12(10-13)11-16(27)24-8-9-25-17(23)26-14-4-6-15(7-5-14)28-18(20,21)22;/h1-7,10H,8-9,11H2,(H,24,27)(H3,23,25,26);1H. The van der Waals surface area contributed by atoms with Crippen LogP contribution in [0.5, 0.6) is 5.75 Å². The highest BCUT2D eigenvalue weighted by Crippen LogP contribution is 2.23. The number of carbonyl (C=O) groups excluding carboxylic acids is 1. The molecule has 2 aromatic rings. The zero-order valence-electron chi connectivity index (χ0n) is 15.0. The van der Waals surface area contributed by atoms with Crippen molar-refractivity contribution in [1.29, 1.82) is 0 Å². The molecule has 0 aliphatic carbocycles. The number of ether oxygens (including phenoxy) is 1. The topological polar surface area (TPSA) is 88.7 Å². The molecule has 0 aliphatic rings. The van der Waals surface area contributed by atoms with Crippen LogP contribution in [0, 0.1) is 5.82 Å². The van der Waals surface area contributed by atoms with Crippen LogP contribution in [0.15, 0.2) is 53.5 Å². The minimum atomic E-state index is -4.76. The van der Waals surface area contributed by atoms with Crippen molar-refractivity contribution < 1.29 is 27.1 Å². The average Bonchev–Trinajstić information content (AvgIpc) is 2.59. The van der Waals surface area contributed by atoms with Crippen molar-refractivity contribution in [2.24, 2.45) is 10.7 Å². The first-order valence-electron chi connectivity index (χ1n) is 8.15. The molecule has 0 fully saturated rings. The molecule has 0 aliphatic heterocycles. The fraction of sp³-hybridized carbons (Fsp3) is 0.222. The van der Waals surface area contributed by atoms with Gasteiger partial charge in [0.2, 0.25) is 5.91 Å². The lowest BCUT2D eigenvalue weighted by Crippen LogP contribution is -2.29. The smallest absolute Gasteiger partial charge is 0.406 e. The van der Waals surface area contributed by atoms with Crippen molar-refractivity contribution in [2.45, 2.75) is 12.8 Å². The first kappa shape index (κ1) is 24.5. The number of carbonyl (C=O) groups is 1. The van der Waals surface area contributed by atoms with Gasteiger partial charge in [-0.05, 0) is 42.0 Å². The van der Waals surface area contributed by atoms with Crippen LogP contribution in [0.3, 0.4) is 0 Å². The van der Waals surface area contributed by atoms with E-state index in [9.17, 15) is 22.4 Å². The summed E-state index contributed by atoms with van der Waals surface area (Å²) in [5.41, 5.74) is 6.65. The lowest BCUT2D eigenvalue weighted by molar-refractivity contribution is -0.274. The Kier molecular flexibility index (Phi) is 9.65. The fourth-order valence-electron chi connectivity index (χ4n) is 2.19. The quantitative estimate of drug-likeness (QED) is 0.170. The van der Waals surface area contributed by atoms with Crippen molar-refractivity contribution in [3.63, 3.8) is 0 Å². The van der Waals surface area contributed by atoms with Gasteiger partial charge in [0.25, 0.3) is 0 Å². The monoisotopic (exact) mass is 526 g/mol. The van der Waals surface area contributed by atoms with Crippen LogP contribution in [0.1, 0.15) is 5.56 Å². The molecule has 1 amide bonds. The molecule has 0 saturated carbocycles. The molecule has 2 aromatic carbocycles. The highest BCUT2D eigenvalue weighted by atomic mass is 127. The molecule has 0 radical (unpaired) electrons. The normalized spacial score (nSPS) is 11.4. The number of rotatable bonds is 7. The summed E-state index contributed by atoms with van der Waals surface area (Å²) in [6.45, 7) is 0.401. The Morgan fingerprint density at radius 2 is 1.83 bits per heavy atom. The van der Waals surface area contributed by atoms with E-state index in [1.54, 1.807) is 6.07 Å². The first-order valence-corrected chi connectivity index (χ1v) is 8.15. The molecular formula is C18H19F4IN4O2. The molecule has 0 aromatic heterocycles. The highest BCUT2D eigenvalue weighted by Gasteiger charge is 2.30. The van der Waals surface area contributed by atoms with Gasteiger partial charge < -0.3 is 21.1 Å². The number of alkyl halides is 3. The van der Waals surface area contributed by atoms with Gasteiger partial charge in [0.15, 0.2) is 5.96 Å². The molecule has 11 heteroatoms. The van der Waals surface area contributed by atoms with Gasteiger partial charge in [-0.2, -0.15) is 0 Å². The van der Waals surface area contributed by atoms with Gasteiger partial charge in [-0.25, -0.2) is 4.39 Å². The number of nitrogens with two attached hydrogens (primary N) is 1. The highest BCUT2D eigenvalue weighted by molar-refractivity contribution is 14.0. The van der Waals surface area contributed by atoms with Gasteiger partial charge in [0.1, 0.15) is 11.6 Å². The molecule has 0 bridgehead atoms. The summed E-state index contributed by atoms with van der Waals surface area (Å²) in [5, 5.41) is 5.33. The summed E-state index contributed by atoms with van der Waals surface area (Å²) in [6.07, 6.45) is -4.71. The van der Waals surface area contributed by atoms with Gasteiger partial charge in [0.05, 0.1) is 13.0 Å². The van der Waals surface area contributed by atoms with Gasteiger partial charge in [0, 0.05) is 12.2 Å². The van der Waals surface area contributed by atoms with Crippen LogP contribution in [0.2, 0.25) is 0 Å². The zero-order valence-corrected chi connectivity index (χ0v) is 17.3. The SMILES string of the molecule is I.NC(=NCCNC(=O)Cc1cccc(F)c1)Nc1ccc(OC(F)(F)F)cc1. The van der Waals surface area contributed by atoms with Crippen LogP contribution in [-0.4, -0.2) is 31.3 Å². The number of benzene rings is 2. The summed E-state index contributed by atoms with van der Waals surface area (Å²) < 4.78 is 53.1. The lowest BCUT2D eigenvalue weighted by Gasteiger charge is -2.10. The molecule has 0 unspecified atom stereocenters. The molecule has 0 saturated heterocycles. The van der Waals surface area contributed by atoms with Crippen molar-refractivity contribution in [2.75, 3.05) is 18.4 Å². The predicted molar refractivity (Wildman–Crippen MR) is 112 cm³/mol. The molecule has 0 atom stereocenters. The Labute approximate surface area is 181 Å². The van der Waals surface area contributed by atoms with E-state index in [4.69, 9.17) is 5.73 Å². The summed E-state index contributed by atoms with van der Waals surface area (Å²) in [4.78, 5) is 15.8. The van der Waals surface area contributed by atoms with Gasteiger partial charge in [-0.15, -0.1) is 37.1 Å². The van der Waals surface area contributed by atoms with E-state index in [2.05, 4.69) is 20.4 Å². The molecule has 0 spiro atoms. The molecule has 4 N–H and O–H groups in total. The van der Waals surface area contributed by atoms with Crippen LogP contribution in [0.25, 0.3) is 0 Å². The lowest BCUT2D eigenvalue weighted by atomic mass is 10.1. The zero-order chi connectivity index (χ0) is 20.6. The van der Waals surface area contributed by atoms with E-state index >= 15 is 0 Å². The predicted octanol–water partition coefficient (Wildman–Crippen LogP) is 3.43. The van der Waals surface area contributed by atoms with E-state index in [1.807, 2.05) is 0 Å². The Bertz CT molecular complexity index is 829. The maximum absolute atomic E-state index is 13.1. The minimum Gasteiger partial charge on any atom is -0.406 e. The van der Waals surface area contributed by atoms with Gasteiger partial charge in [-0.1, -0.05) is 12.1 Å². The van der Waals surface area contributed by atoms with Crippen LogP contribution < -0.4 is 21.1 Å². The Morgan fingerprint density at radius 3 is 2.45 bits per heavy atom. The maximum Gasteiger partial charge on any atom is 0.573 e. The Balaban J connectivity index is 0.00000420. The number of hydrogen-bond acceptors (Lipinski definition) is 3. The molecule has 0 heterocycles. The second-order valence-corrected chi connectivity index (χ2v) is 5.62. The minimum absolute atomic E-state index is 0. The van der Waals surface area contributed by atoms with Crippen LogP contribution in [-0.2, 0) is 11.2 Å². The van der Waals surface area contributed by atoms with Crippen molar-refractivity contribution >= 4 is 41.5 Å². The summed E-state index contributed by atoms with van der Waals surface area (Å²) in [5.74, 6) is -1.02. The molecule has 158 valence electrons. The van der Waals surface area contributed by atoms with E-state index < -0.39 is 12.2 Å². The maximum atomic E-state index is 13.1. The van der Waals surface area contributed by atoms with E-state index in [0.717, 1.165) is 12.1 Å². The van der Waals surface area contributed by atoms with Gasteiger partial charge in [-0.3, -0.25) is 9.79 Å². The number of hydrogen-bond donors (Lipinski definition) is 3. The van der Waals surface area contributed by atoms with Crippen LogP contribution >= 0.6 is 24.0 Å². The molecule has 29 heavy (non-hydrogen) atoms. The largest absolute Gasteiger partial charge is 0.573 e.